The lowest BCUT2D eigenvalue weighted by Crippen LogP contribution is -2.36. The zero-order chi connectivity index (χ0) is 16.0. The van der Waals surface area contributed by atoms with Gasteiger partial charge >= 0.3 is 0 Å². The average molecular weight is 306 g/mol. The van der Waals surface area contributed by atoms with Crippen LogP contribution in [0.15, 0.2) is 42.5 Å². The molecular formula is C20H18O3. The number of allylic oxidation sites excluding steroid dienone is 1. The van der Waals surface area contributed by atoms with Crippen LogP contribution >= 0.6 is 0 Å². The van der Waals surface area contributed by atoms with Gasteiger partial charge in [-0.05, 0) is 53.3 Å². The molecule has 0 unspecified atom stereocenters. The topological polar surface area (TPSA) is 35.5 Å². The third kappa shape index (κ3) is 1.79. The van der Waals surface area contributed by atoms with Crippen LogP contribution in [0.5, 0.6) is 11.5 Å². The average Bonchev–Trinajstić information content (AvgIpc) is 2.96. The summed E-state index contributed by atoms with van der Waals surface area (Å²) in [5.74, 6) is 1.55. The Morgan fingerprint density at radius 1 is 0.957 bits per heavy atom. The fraction of sp³-hybridized carbons (Fsp3) is 0.250. The summed E-state index contributed by atoms with van der Waals surface area (Å²) in [6, 6.07) is 12.1. The van der Waals surface area contributed by atoms with Gasteiger partial charge in [-0.3, -0.25) is 4.79 Å². The minimum atomic E-state index is -0.583. The van der Waals surface area contributed by atoms with Gasteiger partial charge in [-0.25, -0.2) is 0 Å². The predicted molar refractivity (Wildman–Crippen MR) is 89.1 cm³/mol. The van der Waals surface area contributed by atoms with Gasteiger partial charge in [0, 0.05) is 0 Å². The van der Waals surface area contributed by atoms with E-state index in [4.69, 9.17) is 9.47 Å². The van der Waals surface area contributed by atoms with Gasteiger partial charge in [0.15, 0.2) is 17.3 Å². The summed E-state index contributed by atoms with van der Waals surface area (Å²) in [7, 11) is 3.27. The second-order valence-electron chi connectivity index (χ2n) is 6.05. The van der Waals surface area contributed by atoms with Crippen molar-refractivity contribution in [2.45, 2.75) is 18.3 Å². The van der Waals surface area contributed by atoms with Crippen molar-refractivity contribution in [2.24, 2.45) is 0 Å². The summed E-state index contributed by atoms with van der Waals surface area (Å²) in [5.41, 5.74) is 3.85. The number of ketones is 1. The van der Waals surface area contributed by atoms with Crippen LogP contribution in [0.1, 0.15) is 28.7 Å². The van der Waals surface area contributed by atoms with Gasteiger partial charge in [-0.1, -0.05) is 30.3 Å². The van der Waals surface area contributed by atoms with E-state index < -0.39 is 5.41 Å². The van der Waals surface area contributed by atoms with Crippen LogP contribution in [0.3, 0.4) is 0 Å². The number of hydrogen-bond donors (Lipinski definition) is 0. The van der Waals surface area contributed by atoms with Gasteiger partial charge in [-0.15, -0.1) is 0 Å². The minimum absolute atomic E-state index is 0.155. The summed E-state index contributed by atoms with van der Waals surface area (Å²) in [5, 5.41) is 0. The van der Waals surface area contributed by atoms with Crippen LogP contribution in [-0.2, 0) is 16.6 Å². The van der Waals surface area contributed by atoms with Gasteiger partial charge < -0.3 is 9.47 Å². The molecule has 0 heterocycles. The van der Waals surface area contributed by atoms with E-state index in [1.54, 1.807) is 20.3 Å². The fourth-order valence-corrected chi connectivity index (χ4v) is 3.99. The molecule has 4 rings (SSSR count). The Kier molecular flexibility index (Phi) is 3.05. The number of fused-ring (bicyclic) bond motifs is 4. The largest absolute Gasteiger partial charge is 0.493 e. The Hall–Kier alpha value is -2.55. The summed E-state index contributed by atoms with van der Waals surface area (Å²) in [6.07, 6.45) is 5.29. The molecule has 1 spiro atoms. The molecule has 2 aromatic carbocycles. The summed E-state index contributed by atoms with van der Waals surface area (Å²) < 4.78 is 10.9. The van der Waals surface area contributed by atoms with Gasteiger partial charge in [0.2, 0.25) is 0 Å². The van der Waals surface area contributed by atoms with E-state index in [1.807, 2.05) is 30.3 Å². The maximum Gasteiger partial charge on any atom is 0.170 e. The van der Waals surface area contributed by atoms with E-state index in [-0.39, 0.29) is 5.78 Å². The van der Waals surface area contributed by atoms with Crippen LogP contribution in [0.25, 0.3) is 6.08 Å². The highest BCUT2D eigenvalue weighted by molar-refractivity contribution is 6.08. The summed E-state index contributed by atoms with van der Waals surface area (Å²) in [6.45, 7) is 0. The molecule has 0 radical (unpaired) electrons. The van der Waals surface area contributed by atoms with Crippen molar-refractivity contribution in [1.82, 2.24) is 0 Å². The maximum atomic E-state index is 12.9. The Morgan fingerprint density at radius 2 is 1.70 bits per heavy atom. The molecule has 0 bridgehead atoms. The Labute approximate surface area is 135 Å². The molecule has 0 aromatic heterocycles. The molecule has 2 aliphatic rings. The zero-order valence-electron chi connectivity index (χ0n) is 13.3. The molecule has 0 amide bonds. The van der Waals surface area contributed by atoms with Crippen molar-refractivity contribution in [3.8, 4) is 11.5 Å². The smallest absolute Gasteiger partial charge is 0.170 e. The Morgan fingerprint density at radius 3 is 2.48 bits per heavy atom. The van der Waals surface area contributed by atoms with Crippen molar-refractivity contribution >= 4 is 11.9 Å². The van der Waals surface area contributed by atoms with E-state index in [0.717, 1.165) is 35.3 Å². The monoisotopic (exact) mass is 306 g/mol. The first-order valence-electron chi connectivity index (χ1n) is 7.78. The number of hydrogen-bond acceptors (Lipinski definition) is 3. The second kappa shape index (κ2) is 4.98. The lowest BCUT2D eigenvalue weighted by molar-refractivity contribution is -0.118. The first kappa shape index (κ1) is 14.1. The quantitative estimate of drug-likeness (QED) is 0.851. The molecule has 3 nitrogen and oxygen atoms in total. The SMILES string of the molecule is COc1cc2c(cc1OC)[C@]1(CC2)C(=O)C=Cc2ccccc21. The van der Waals surface area contributed by atoms with Gasteiger partial charge in [0.1, 0.15) is 0 Å². The molecule has 0 saturated heterocycles. The van der Waals surface area contributed by atoms with Crippen LogP contribution < -0.4 is 9.47 Å². The Bertz CT molecular complexity index is 835. The van der Waals surface area contributed by atoms with Crippen molar-refractivity contribution < 1.29 is 14.3 Å². The Balaban J connectivity index is 2.00. The van der Waals surface area contributed by atoms with Crippen molar-refractivity contribution in [1.29, 1.82) is 0 Å². The predicted octanol–water partition coefficient (Wildman–Crippen LogP) is 3.53. The van der Waals surface area contributed by atoms with Crippen molar-refractivity contribution in [3.63, 3.8) is 0 Å². The molecule has 0 N–H and O–H groups in total. The van der Waals surface area contributed by atoms with E-state index in [1.165, 1.54) is 5.56 Å². The first-order chi connectivity index (χ1) is 11.2. The number of carbonyl (C=O) groups is 1. The lowest BCUT2D eigenvalue weighted by Gasteiger charge is -2.32. The van der Waals surface area contributed by atoms with E-state index in [0.29, 0.717) is 5.75 Å². The van der Waals surface area contributed by atoms with Gasteiger partial charge in [-0.2, -0.15) is 0 Å². The third-order valence-corrected chi connectivity index (χ3v) is 5.09. The number of aryl methyl sites for hydroxylation is 1. The van der Waals surface area contributed by atoms with E-state index in [9.17, 15) is 4.79 Å². The highest BCUT2D eigenvalue weighted by atomic mass is 16.5. The third-order valence-electron chi connectivity index (χ3n) is 5.09. The maximum absolute atomic E-state index is 12.9. The van der Waals surface area contributed by atoms with Gasteiger partial charge in [0.25, 0.3) is 0 Å². The number of rotatable bonds is 2. The first-order valence-corrected chi connectivity index (χ1v) is 7.78. The fourth-order valence-electron chi connectivity index (χ4n) is 3.99. The van der Waals surface area contributed by atoms with Crippen LogP contribution in [0, 0.1) is 0 Å². The molecule has 23 heavy (non-hydrogen) atoms. The highest BCUT2D eigenvalue weighted by Gasteiger charge is 2.48. The van der Waals surface area contributed by atoms with E-state index in [2.05, 4.69) is 12.1 Å². The molecule has 0 saturated carbocycles. The normalized spacial score (nSPS) is 21.2. The minimum Gasteiger partial charge on any atom is -0.493 e. The van der Waals surface area contributed by atoms with E-state index >= 15 is 0 Å². The standard InChI is InChI=1S/C20H18O3/c1-22-17-11-14-9-10-20(16(14)12-18(17)23-2)15-6-4-3-5-13(15)7-8-19(20)21/h3-8,11-12H,9-10H2,1-2H3/t20-/m1/s1. The molecule has 0 fully saturated rings. The highest BCUT2D eigenvalue weighted by Crippen LogP contribution is 2.50. The number of methoxy groups -OCH3 is 2. The van der Waals surface area contributed by atoms with Crippen molar-refractivity contribution in [2.75, 3.05) is 14.2 Å². The molecule has 3 heteroatoms. The lowest BCUT2D eigenvalue weighted by atomic mass is 9.68. The molecular weight excluding hydrogens is 288 g/mol. The number of carbonyl (C=O) groups excluding carboxylic acids is 1. The molecule has 116 valence electrons. The molecule has 2 aliphatic carbocycles. The zero-order valence-corrected chi connectivity index (χ0v) is 13.3. The number of ether oxygens (including phenoxy) is 2. The second-order valence-corrected chi connectivity index (χ2v) is 6.05. The molecule has 2 aromatic rings. The van der Waals surface area contributed by atoms with Crippen LogP contribution in [0.2, 0.25) is 0 Å². The van der Waals surface area contributed by atoms with Crippen LogP contribution in [0.4, 0.5) is 0 Å². The van der Waals surface area contributed by atoms with Gasteiger partial charge in [0.05, 0.1) is 19.6 Å². The summed E-state index contributed by atoms with van der Waals surface area (Å²) in [4.78, 5) is 12.9. The number of benzene rings is 2. The van der Waals surface area contributed by atoms with Crippen molar-refractivity contribution in [3.05, 3.63) is 64.7 Å². The molecule has 0 aliphatic heterocycles. The molecule has 1 atom stereocenters. The van der Waals surface area contributed by atoms with Crippen LogP contribution in [-0.4, -0.2) is 20.0 Å². The summed E-state index contributed by atoms with van der Waals surface area (Å²) >= 11 is 0.